The second-order valence-electron chi connectivity index (χ2n) is 10.7. The van der Waals surface area contributed by atoms with Crippen LogP contribution in [0.5, 0.6) is 11.5 Å². The molecule has 0 unspecified atom stereocenters. The van der Waals surface area contributed by atoms with Crippen molar-refractivity contribution >= 4 is 35.3 Å². The Kier molecular flexibility index (Phi) is 15.6. The van der Waals surface area contributed by atoms with Gasteiger partial charge in [0.15, 0.2) is 0 Å². The van der Waals surface area contributed by atoms with Gasteiger partial charge in [0.25, 0.3) is 0 Å². The smallest absolute Gasteiger partial charge is 0.119 e. The molecule has 0 aliphatic heterocycles. The van der Waals surface area contributed by atoms with Gasteiger partial charge in [0, 0.05) is 35.5 Å². The lowest BCUT2D eigenvalue weighted by molar-refractivity contribution is 0.218. The Bertz CT molecular complexity index is 1320. The number of hydrogen-bond acceptors (Lipinski definition) is 7. The van der Waals surface area contributed by atoms with Crippen LogP contribution < -0.4 is 9.47 Å². The standard InChI is InChI=1S/C38H46O4S3/c1-39-19-23-43-21-17-29-5-9-31(10-6-29)25-33-27-35(41-3)13-15-37(33)45-38-16-14-36(42-4)28-34(38)26-32-11-7-30(8-12-32)18-22-44-24-20-40-2/h5-16,27-28H,17-26H2,1-4H3. The van der Waals surface area contributed by atoms with Crippen molar-refractivity contribution < 1.29 is 18.9 Å². The van der Waals surface area contributed by atoms with Crippen LogP contribution in [0.2, 0.25) is 0 Å². The summed E-state index contributed by atoms with van der Waals surface area (Å²) in [5.41, 5.74) is 7.87. The largest absolute Gasteiger partial charge is 0.497 e. The Hall–Kier alpha value is -2.55. The number of aryl methyl sites for hydroxylation is 2. The number of thioether (sulfide) groups is 2. The normalized spacial score (nSPS) is 11.1. The number of ether oxygens (including phenoxy) is 4. The van der Waals surface area contributed by atoms with Crippen LogP contribution in [0, 0.1) is 0 Å². The first kappa shape index (κ1) is 35.3. The van der Waals surface area contributed by atoms with Crippen LogP contribution in [-0.4, -0.2) is 64.7 Å². The highest BCUT2D eigenvalue weighted by atomic mass is 32.2. The molecule has 0 radical (unpaired) electrons. The average Bonchev–Trinajstić information content (AvgIpc) is 3.07. The summed E-state index contributed by atoms with van der Waals surface area (Å²) in [6, 6.07) is 31.0. The minimum absolute atomic E-state index is 0.811. The molecule has 240 valence electrons. The van der Waals surface area contributed by atoms with E-state index in [9.17, 15) is 0 Å². The SMILES string of the molecule is COCCSCCc1ccc(Cc2cc(OC)ccc2Sc2ccc(OC)cc2Cc2ccc(CCSCCOC)cc2)cc1. The fraction of sp³-hybridized carbons (Fsp3) is 0.368. The second kappa shape index (κ2) is 19.9. The molecule has 45 heavy (non-hydrogen) atoms. The first-order valence-electron chi connectivity index (χ1n) is 15.4. The molecule has 0 heterocycles. The van der Waals surface area contributed by atoms with Gasteiger partial charge in [-0.3, -0.25) is 0 Å². The lowest BCUT2D eigenvalue weighted by Gasteiger charge is -2.15. The average molecular weight is 663 g/mol. The Balaban J connectivity index is 1.46. The Morgan fingerprint density at radius 2 is 0.867 bits per heavy atom. The molecule has 0 aliphatic rings. The van der Waals surface area contributed by atoms with Gasteiger partial charge in [-0.05, 0) is 107 Å². The molecule has 7 heteroatoms. The van der Waals surface area contributed by atoms with Gasteiger partial charge in [-0.1, -0.05) is 60.3 Å². The predicted molar refractivity (Wildman–Crippen MR) is 194 cm³/mol. The van der Waals surface area contributed by atoms with Gasteiger partial charge < -0.3 is 18.9 Å². The van der Waals surface area contributed by atoms with Crippen LogP contribution >= 0.6 is 35.3 Å². The van der Waals surface area contributed by atoms with Crippen molar-refractivity contribution in [1.82, 2.24) is 0 Å². The summed E-state index contributed by atoms with van der Waals surface area (Å²) in [4.78, 5) is 2.48. The minimum Gasteiger partial charge on any atom is -0.497 e. The van der Waals surface area contributed by atoms with Crippen LogP contribution in [0.1, 0.15) is 33.4 Å². The van der Waals surface area contributed by atoms with Crippen LogP contribution in [0.15, 0.2) is 94.7 Å². The highest BCUT2D eigenvalue weighted by Crippen LogP contribution is 2.37. The monoisotopic (exact) mass is 662 g/mol. The van der Waals surface area contributed by atoms with E-state index >= 15 is 0 Å². The Labute approximate surface area is 283 Å². The molecule has 0 atom stereocenters. The van der Waals surface area contributed by atoms with Gasteiger partial charge >= 0.3 is 0 Å². The lowest BCUT2D eigenvalue weighted by atomic mass is 10.0. The molecule has 0 saturated carbocycles. The minimum atomic E-state index is 0.811. The summed E-state index contributed by atoms with van der Waals surface area (Å²) in [7, 11) is 6.99. The molecule has 0 fully saturated rings. The zero-order chi connectivity index (χ0) is 31.7. The fourth-order valence-corrected chi connectivity index (χ4v) is 7.69. The fourth-order valence-electron chi connectivity index (χ4n) is 4.92. The van der Waals surface area contributed by atoms with Crippen LogP contribution in [-0.2, 0) is 35.2 Å². The third-order valence-corrected chi connectivity index (χ3v) is 10.7. The van der Waals surface area contributed by atoms with E-state index < -0.39 is 0 Å². The van der Waals surface area contributed by atoms with Crippen LogP contribution in [0.3, 0.4) is 0 Å². The molecule has 0 aliphatic carbocycles. The highest BCUT2D eigenvalue weighted by molar-refractivity contribution is 7.99. The molecule has 4 rings (SSSR count). The number of benzene rings is 4. The quantitative estimate of drug-likeness (QED) is 0.0876. The summed E-state index contributed by atoms with van der Waals surface area (Å²) in [6.45, 7) is 1.62. The van der Waals surface area contributed by atoms with Gasteiger partial charge in [-0.15, -0.1) is 0 Å². The van der Waals surface area contributed by atoms with Crippen molar-refractivity contribution in [1.29, 1.82) is 0 Å². The van der Waals surface area contributed by atoms with Crippen LogP contribution in [0.4, 0.5) is 0 Å². The highest BCUT2D eigenvalue weighted by Gasteiger charge is 2.13. The van der Waals surface area contributed by atoms with Gasteiger partial charge in [0.2, 0.25) is 0 Å². The lowest BCUT2D eigenvalue weighted by Crippen LogP contribution is -1.98. The van der Waals surface area contributed by atoms with Crippen molar-refractivity contribution in [2.24, 2.45) is 0 Å². The van der Waals surface area contributed by atoms with Crippen molar-refractivity contribution in [3.05, 3.63) is 118 Å². The van der Waals surface area contributed by atoms with Gasteiger partial charge in [0.05, 0.1) is 27.4 Å². The van der Waals surface area contributed by atoms with E-state index in [0.29, 0.717) is 0 Å². The molecule has 0 saturated heterocycles. The summed E-state index contributed by atoms with van der Waals surface area (Å²) in [5, 5.41) is 0. The number of methoxy groups -OCH3 is 4. The van der Waals surface area contributed by atoms with Crippen molar-refractivity contribution in [2.75, 3.05) is 64.7 Å². The number of rotatable bonds is 20. The topological polar surface area (TPSA) is 36.9 Å². The molecule has 0 N–H and O–H groups in total. The Morgan fingerprint density at radius 3 is 1.24 bits per heavy atom. The first-order valence-corrected chi connectivity index (χ1v) is 18.5. The van der Waals surface area contributed by atoms with Gasteiger partial charge in [-0.2, -0.15) is 23.5 Å². The molecule has 4 nitrogen and oxygen atoms in total. The second-order valence-corrected chi connectivity index (χ2v) is 14.3. The van der Waals surface area contributed by atoms with E-state index in [-0.39, 0.29) is 0 Å². The van der Waals surface area contributed by atoms with E-state index in [1.54, 1.807) is 28.4 Å². The van der Waals surface area contributed by atoms with E-state index in [0.717, 1.165) is 73.4 Å². The summed E-state index contributed by atoms with van der Waals surface area (Å²) in [5.74, 6) is 6.08. The van der Waals surface area contributed by atoms with Gasteiger partial charge in [0.1, 0.15) is 11.5 Å². The summed E-state index contributed by atoms with van der Waals surface area (Å²) < 4.78 is 21.6. The van der Waals surface area contributed by atoms with E-state index in [2.05, 4.69) is 84.9 Å². The molecule has 0 spiro atoms. The number of hydrogen-bond donors (Lipinski definition) is 0. The molecular weight excluding hydrogens is 617 g/mol. The van der Waals surface area contributed by atoms with E-state index in [1.807, 2.05) is 35.3 Å². The maximum absolute atomic E-state index is 5.63. The molecule has 0 amide bonds. The van der Waals surface area contributed by atoms with Crippen molar-refractivity contribution in [2.45, 2.75) is 35.5 Å². The zero-order valence-electron chi connectivity index (χ0n) is 27.0. The zero-order valence-corrected chi connectivity index (χ0v) is 29.5. The molecule has 0 bridgehead atoms. The molecule has 0 aromatic heterocycles. The van der Waals surface area contributed by atoms with E-state index in [4.69, 9.17) is 18.9 Å². The molecule has 4 aromatic rings. The maximum atomic E-state index is 5.63. The molecule has 4 aromatic carbocycles. The van der Waals surface area contributed by atoms with Gasteiger partial charge in [-0.25, -0.2) is 0 Å². The molecular formula is C38H46O4S3. The Morgan fingerprint density at radius 1 is 0.467 bits per heavy atom. The van der Waals surface area contributed by atoms with Crippen molar-refractivity contribution in [3.63, 3.8) is 0 Å². The third kappa shape index (κ3) is 12.0. The first-order chi connectivity index (χ1) is 22.1. The van der Waals surface area contributed by atoms with Crippen molar-refractivity contribution in [3.8, 4) is 11.5 Å². The summed E-state index contributed by atoms with van der Waals surface area (Å²) >= 11 is 5.71. The van der Waals surface area contributed by atoms with E-state index in [1.165, 1.54) is 43.2 Å². The van der Waals surface area contributed by atoms with Crippen LogP contribution in [0.25, 0.3) is 0 Å². The third-order valence-electron chi connectivity index (χ3n) is 7.52. The maximum Gasteiger partial charge on any atom is 0.119 e. The predicted octanol–water partition coefficient (Wildman–Crippen LogP) is 8.88. The summed E-state index contributed by atoms with van der Waals surface area (Å²) in [6.07, 6.45) is 3.84.